The Bertz CT molecular complexity index is 380. The van der Waals surface area contributed by atoms with Crippen LogP contribution in [0.4, 0.5) is 0 Å². The van der Waals surface area contributed by atoms with Crippen molar-refractivity contribution < 1.29 is 5.11 Å². The quantitative estimate of drug-likeness (QED) is 0.801. The van der Waals surface area contributed by atoms with Crippen molar-refractivity contribution in [3.8, 4) is 5.88 Å². The zero-order valence-corrected chi connectivity index (χ0v) is 9.00. The van der Waals surface area contributed by atoms with Crippen LogP contribution in [0.2, 0.25) is 0 Å². The number of pyridine rings is 1. The van der Waals surface area contributed by atoms with E-state index in [2.05, 4.69) is 6.92 Å². The molecule has 0 unspecified atom stereocenters. The molecule has 0 atom stereocenters. The first-order chi connectivity index (χ1) is 6.57. The SMILES string of the molecule is CCCCn1c(O)cc(C)c(C)c1=O. The summed E-state index contributed by atoms with van der Waals surface area (Å²) in [5, 5.41) is 9.59. The van der Waals surface area contributed by atoms with E-state index in [1.807, 2.05) is 6.92 Å². The van der Waals surface area contributed by atoms with E-state index < -0.39 is 0 Å². The molecule has 1 aromatic heterocycles. The van der Waals surface area contributed by atoms with Gasteiger partial charge in [-0.25, -0.2) is 0 Å². The van der Waals surface area contributed by atoms with Crippen molar-refractivity contribution in [2.45, 2.75) is 40.2 Å². The van der Waals surface area contributed by atoms with Gasteiger partial charge in [0.2, 0.25) is 0 Å². The van der Waals surface area contributed by atoms with Crippen molar-refractivity contribution in [1.82, 2.24) is 4.57 Å². The van der Waals surface area contributed by atoms with E-state index in [-0.39, 0.29) is 11.4 Å². The summed E-state index contributed by atoms with van der Waals surface area (Å²) in [4.78, 5) is 11.7. The molecule has 0 fully saturated rings. The maximum atomic E-state index is 11.7. The van der Waals surface area contributed by atoms with Gasteiger partial charge in [0.05, 0.1) is 0 Å². The van der Waals surface area contributed by atoms with Gasteiger partial charge in [0.1, 0.15) is 0 Å². The Hall–Kier alpha value is -1.25. The average Bonchev–Trinajstić information content (AvgIpc) is 2.14. The maximum absolute atomic E-state index is 11.7. The Morgan fingerprint density at radius 1 is 1.43 bits per heavy atom. The smallest absolute Gasteiger partial charge is 0.256 e. The summed E-state index contributed by atoms with van der Waals surface area (Å²) < 4.78 is 1.44. The molecule has 0 saturated carbocycles. The second-order valence-corrected chi connectivity index (χ2v) is 3.62. The molecule has 0 radical (unpaired) electrons. The fourth-order valence-electron chi connectivity index (χ4n) is 1.39. The number of aromatic nitrogens is 1. The molecule has 0 aliphatic carbocycles. The van der Waals surface area contributed by atoms with Gasteiger partial charge in [-0.3, -0.25) is 9.36 Å². The summed E-state index contributed by atoms with van der Waals surface area (Å²) in [5.41, 5.74) is 1.50. The Kier molecular flexibility index (Phi) is 3.33. The molecule has 1 heterocycles. The lowest BCUT2D eigenvalue weighted by molar-refractivity contribution is 0.400. The second-order valence-electron chi connectivity index (χ2n) is 3.62. The van der Waals surface area contributed by atoms with Crippen molar-refractivity contribution in [3.05, 3.63) is 27.5 Å². The third kappa shape index (κ3) is 1.97. The first-order valence-corrected chi connectivity index (χ1v) is 4.98. The molecule has 14 heavy (non-hydrogen) atoms. The standard InChI is InChI=1S/C11H17NO2/c1-4-5-6-12-10(13)7-8(2)9(3)11(12)14/h7,13H,4-6H2,1-3H3. The summed E-state index contributed by atoms with van der Waals surface area (Å²) in [6.45, 7) is 6.28. The van der Waals surface area contributed by atoms with Gasteiger partial charge in [-0.2, -0.15) is 0 Å². The van der Waals surface area contributed by atoms with E-state index in [4.69, 9.17) is 0 Å². The third-order valence-electron chi connectivity index (χ3n) is 2.51. The van der Waals surface area contributed by atoms with Gasteiger partial charge in [0.15, 0.2) is 5.88 Å². The lowest BCUT2D eigenvalue weighted by atomic mass is 10.2. The van der Waals surface area contributed by atoms with Crippen LogP contribution in [-0.4, -0.2) is 9.67 Å². The van der Waals surface area contributed by atoms with E-state index in [9.17, 15) is 9.90 Å². The predicted octanol–water partition coefficient (Wildman–Crippen LogP) is 1.97. The van der Waals surface area contributed by atoms with Crippen LogP contribution >= 0.6 is 0 Å². The molecule has 0 aliphatic heterocycles. The molecule has 0 bridgehead atoms. The van der Waals surface area contributed by atoms with Crippen LogP contribution in [0, 0.1) is 13.8 Å². The van der Waals surface area contributed by atoms with E-state index in [0.717, 1.165) is 24.0 Å². The molecule has 3 nitrogen and oxygen atoms in total. The van der Waals surface area contributed by atoms with Crippen molar-refractivity contribution in [2.75, 3.05) is 0 Å². The highest BCUT2D eigenvalue weighted by molar-refractivity contribution is 5.27. The molecule has 1 aromatic rings. The number of aryl methyl sites for hydroxylation is 1. The van der Waals surface area contributed by atoms with Crippen molar-refractivity contribution >= 4 is 0 Å². The molecule has 1 rings (SSSR count). The molecule has 0 aliphatic rings. The highest BCUT2D eigenvalue weighted by Crippen LogP contribution is 2.12. The third-order valence-corrected chi connectivity index (χ3v) is 2.51. The first-order valence-electron chi connectivity index (χ1n) is 4.98. The summed E-state index contributed by atoms with van der Waals surface area (Å²) >= 11 is 0. The van der Waals surface area contributed by atoms with Crippen LogP contribution in [0.15, 0.2) is 10.9 Å². The fraction of sp³-hybridized carbons (Fsp3) is 0.545. The van der Waals surface area contributed by atoms with E-state index >= 15 is 0 Å². The van der Waals surface area contributed by atoms with Crippen molar-refractivity contribution in [2.24, 2.45) is 0 Å². The number of nitrogens with zero attached hydrogens (tertiary/aromatic N) is 1. The molecule has 1 N–H and O–H groups in total. The van der Waals surface area contributed by atoms with Gasteiger partial charge in [0.25, 0.3) is 5.56 Å². The van der Waals surface area contributed by atoms with Gasteiger partial charge < -0.3 is 5.11 Å². The number of unbranched alkanes of at least 4 members (excludes halogenated alkanes) is 1. The normalized spacial score (nSPS) is 10.5. The van der Waals surface area contributed by atoms with Crippen molar-refractivity contribution in [3.63, 3.8) is 0 Å². The monoisotopic (exact) mass is 195 g/mol. The molecule has 3 heteroatoms. The molecule has 0 aromatic carbocycles. The summed E-state index contributed by atoms with van der Waals surface area (Å²) in [6, 6.07) is 1.65. The van der Waals surface area contributed by atoms with Gasteiger partial charge in [-0.15, -0.1) is 0 Å². The lowest BCUT2D eigenvalue weighted by Crippen LogP contribution is -2.23. The van der Waals surface area contributed by atoms with Crippen LogP contribution in [0.25, 0.3) is 0 Å². The number of aromatic hydroxyl groups is 1. The lowest BCUT2D eigenvalue weighted by Gasteiger charge is -2.10. The van der Waals surface area contributed by atoms with Crippen LogP contribution in [0.3, 0.4) is 0 Å². The topological polar surface area (TPSA) is 42.2 Å². The molecule has 0 saturated heterocycles. The van der Waals surface area contributed by atoms with E-state index in [0.29, 0.717) is 6.54 Å². The first kappa shape index (κ1) is 10.8. The van der Waals surface area contributed by atoms with Crippen LogP contribution in [0.5, 0.6) is 5.88 Å². The highest BCUT2D eigenvalue weighted by Gasteiger charge is 2.07. The molecule has 0 amide bonds. The van der Waals surface area contributed by atoms with Gasteiger partial charge >= 0.3 is 0 Å². The Morgan fingerprint density at radius 2 is 2.07 bits per heavy atom. The molecular weight excluding hydrogens is 178 g/mol. The highest BCUT2D eigenvalue weighted by atomic mass is 16.3. The maximum Gasteiger partial charge on any atom is 0.256 e. The van der Waals surface area contributed by atoms with Crippen molar-refractivity contribution in [1.29, 1.82) is 0 Å². The minimum atomic E-state index is -0.0732. The van der Waals surface area contributed by atoms with Crippen LogP contribution in [0.1, 0.15) is 30.9 Å². The molecule has 78 valence electrons. The second kappa shape index (κ2) is 4.31. The Balaban J connectivity index is 3.16. The fourth-order valence-corrected chi connectivity index (χ4v) is 1.39. The minimum Gasteiger partial charge on any atom is -0.494 e. The molecule has 0 spiro atoms. The van der Waals surface area contributed by atoms with E-state index in [1.165, 1.54) is 4.57 Å². The zero-order valence-electron chi connectivity index (χ0n) is 9.00. The zero-order chi connectivity index (χ0) is 10.7. The summed E-state index contributed by atoms with van der Waals surface area (Å²) in [6.07, 6.45) is 1.93. The van der Waals surface area contributed by atoms with Gasteiger partial charge in [-0.1, -0.05) is 13.3 Å². The number of hydrogen-bond acceptors (Lipinski definition) is 2. The Morgan fingerprint density at radius 3 is 2.64 bits per heavy atom. The van der Waals surface area contributed by atoms with E-state index in [1.54, 1.807) is 13.0 Å². The average molecular weight is 195 g/mol. The number of hydrogen-bond donors (Lipinski definition) is 1. The largest absolute Gasteiger partial charge is 0.494 e. The minimum absolute atomic E-state index is 0.0732. The molecular formula is C11H17NO2. The van der Waals surface area contributed by atoms with Gasteiger partial charge in [-0.05, 0) is 25.8 Å². The summed E-state index contributed by atoms with van der Waals surface area (Å²) in [7, 11) is 0. The van der Waals surface area contributed by atoms with Crippen LogP contribution in [-0.2, 0) is 6.54 Å². The number of rotatable bonds is 3. The van der Waals surface area contributed by atoms with Gasteiger partial charge in [0, 0.05) is 18.2 Å². The predicted molar refractivity (Wildman–Crippen MR) is 56.7 cm³/mol. The summed E-state index contributed by atoms with van der Waals surface area (Å²) in [5.74, 6) is 0.0755. The van der Waals surface area contributed by atoms with Crippen LogP contribution < -0.4 is 5.56 Å². The Labute approximate surface area is 84.0 Å².